The molecule has 0 aromatic rings. The highest BCUT2D eigenvalue weighted by Crippen LogP contribution is 2.17. The maximum Gasteiger partial charge on any atom is 0.0630 e. The van der Waals surface area contributed by atoms with Gasteiger partial charge in [-0.25, -0.2) is 0 Å². The topological polar surface area (TPSA) is 24.5 Å². The van der Waals surface area contributed by atoms with Crippen molar-refractivity contribution in [2.75, 3.05) is 33.4 Å². The highest BCUT2D eigenvalue weighted by molar-refractivity contribution is 4.89. The van der Waals surface area contributed by atoms with Crippen molar-refractivity contribution in [1.29, 1.82) is 0 Å². The van der Waals surface area contributed by atoms with Gasteiger partial charge in [0.05, 0.1) is 6.61 Å². The Hall–Kier alpha value is -0.380. The van der Waals surface area contributed by atoms with Crippen LogP contribution in [0.15, 0.2) is 12.7 Å². The van der Waals surface area contributed by atoms with E-state index < -0.39 is 0 Å². The molecule has 0 rings (SSSR count). The zero-order valence-corrected chi connectivity index (χ0v) is 13.1. The molecule has 0 aliphatic rings. The van der Waals surface area contributed by atoms with Crippen LogP contribution < -0.4 is 5.32 Å². The zero-order chi connectivity index (χ0) is 14.2. The Labute approximate surface area is 114 Å². The van der Waals surface area contributed by atoms with Crippen LogP contribution in [0.25, 0.3) is 0 Å². The summed E-state index contributed by atoms with van der Waals surface area (Å²) in [6.45, 7) is 18.7. The summed E-state index contributed by atoms with van der Waals surface area (Å²) in [7, 11) is 1.77. The molecule has 18 heavy (non-hydrogen) atoms. The lowest BCUT2D eigenvalue weighted by atomic mass is 10.0. The van der Waals surface area contributed by atoms with Crippen LogP contribution in [0.2, 0.25) is 0 Å². The summed E-state index contributed by atoms with van der Waals surface area (Å²) >= 11 is 0. The molecule has 0 aliphatic heterocycles. The minimum absolute atomic E-state index is 0.122. The van der Waals surface area contributed by atoms with Gasteiger partial charge in [-0.15, -0.1) is 6.58 Å². The quantitative estimate of drug-likeness (QED) is 0.642. The maximum atomic E-state index is 5.37. The minimum Gasteiger partial charge on any atom is -0.383 e. The lowest BCUT2D eigenvalue weighted by Gasteiger charge is -2.41. The Bertz CT molecular complexity index is 221. The van der Waals surface area contributed by atoms with Crippen LogP contribution in [0.1, 0.15) is 34.6 Å². The predicted molar refractivity (Wildman–Crippen MR) is 80.0 cm³/mol. The van der Waals surface area contributed by atoms with Gasteiger partial charge in [0.15, 0.2) is 0 Å². The van der Waals surface area contributed by atoms with Crippen molar-refractivity contribution in [1.82, 2.24) is 10.2 Å². The molecule has 0 fully saturated rings. The molecule has 0 aromatic carbocycles. The third kappa shape index (κ3) is 7.14. The highest BCUT2D eigenvalue weighted by atomic mass is 16.5. The van der Waals surface area contributed by atoms with Gasteiger partial charge in [-0.05, 0) is 33.2 Å². The van der Waals surface area contributed by atoms with Gasteiger partial charge in [0.1, 0.15) is 0 Å². The average molecular weight is 256 g/mol. The summed E-state index contributed by atoms with van der Waals surface area (Å²) in [6.07, 6.45) is 1.97. The van der Waals surface area contributed by atoms with E-state index in [-0.39, 0.29) is 5.54 Å². The van der Waals surface area contributed by atoms with Crippen molar-refractivity contribution in [3.63, 3.8) is 0 Å². The predicted octanol–water partition coefficient (Wildman–Crippen LogP) is 2.53. The van der Waals surface area contributed by atoms with E-state index in [1.54, 1.807) is 7.11 Å². The van der Waals surface area contributed by atoms with Crippen LogP contribution in [0.4, 0.5) is 0 Å². The first-order valence-electron chi connectivity index (χ1n) is 6.90. The van der Waals surface area contributed by atoms with Crippen molar-refractivity contribution in [2.45, 2.75) is 46.2 Å². The monoisotopic (exact) mass is 256 g/mol. The summed E-state index contributed by atoms with van der Waals surface area (Å²) in [5.74, 6) is 0.677. The van der Waals surface area contributed by atoms with Crippen molar-refractivity contribution in [3.05, 3.63) is 12.7 Å². The molecule has 0 saturated heterocycles. The fourth-order valence-electron chi connectivity index (χ4n) is 2.10. The number of hydrogen-bond acceptors (Lipinski definition) is 3. The Kier molecular flexibility index (Phi) is 8.49. The molecule has 1 atom stereocenters. The second-order valence-corrected chi connectivity index (χ2v) is 6.27. The average Bonchev–Trinajstić information content (AvgIpc) is 2.23. The zero-order valence-electron chi connectivity index (χ0n) is 13.1. The second kappa shape index (κ2) is 8.68. The van der Waals surface area contributed by atoms with E-state index in [0.29, 0.717) is 12.0 Å². The van der Waals surface area contributed by atoms with Gasteiger partial charge >= 0.3 is 0 Å². The number of nitrogens with one attached hydrogen (secondary N) is 1. The van der Waals surface area contributed by atoms with E-state index in [9.17, 15) is 0 Å². The Morgan fingerprint density at radius 2 is 1.89 bits per heavy atom. The molecule has 1 N–H and O–H groups in total. The van der Waals surface area contributed by atoms with E-state index in [1.807, 2.05) is 6.08 Å². The summed E-state index contributed by atoms with van der Waals surface area (Å²) in [4.78, 5) is 2.44. The lowest BCUT2D eigenvalue weighted by molar-refractivity contribution is 0.0397. The first-order valence-corrected chi connectivity index (χ1v) is 6.90. The molecule has 3 heteroatoms. The number of methoxy groups -OCH3 is 1. The molecule has 0 saturated carbocycles. The van der Waals surface area contributed by atoms with E-state index in [2.05, 4.69) is 51.4 Å². The molecule has 3 nitrogen and oxygen atoms in total. The lowest BCUT2D eigenvalue weighted by Crippen LogP contribution is -2.54. The van der Waals surface area contributed by atoms with Crippen molar-refractivity contribution < 1.29 is 4.74 Å². The van der Waals surface area contributed by atoms with Crippen molar-refractivity contribution in [2.24, 2.45) is 5.92 Å². The third-order valence-corrected chi connectivity index (χ3v) is 2.92. The van der Waals surface area contributed by atoms with E-state index in [0.717, 1.165) is 26.2 Å². The van der Waals surface area contributed by atoms with Crippen LogP contribution in [0.5, 0.6) is 0 Å². The first kappa shape index (κ1) is 17.6. The van der Waals surface area contributed by atoms with Crippen LogP contribution >= 0.6 is 0 Å². The van der Waals surface area contributed by atoms with Crippen LogP contribution in [-0.2, 0) is 4.74 Å². The smallest absolute Gasteiger partial charge is 0.0630 e. The van der Waals surface area contributed by atoms with Gasteiger partial charge in [-0.3, -0.25) is 4.90 Å². The fraction of sp³-hybridized carbons (Fsp3) is 0.867. The standard InChI is InChI=1S/C15H32N2O/c1-8-9-17(15(4,5)6)14(12-18-7)11-16-10-13(2)3/h8,13-14,16H,1,9-12H2,2-7H3. The fourth-order valence-corrected chi connectivity index (χ4v) is 2.10. The van der Waals surface area contributed by atoms with Crippen LogP contribution in [-0.4, -0.2) is 49.8 Å². The number of rotatable bonds is 9. The van der Waals surface area contributed by atoms with E-state index in [1.165, 1.54) is 0 Å². The molecule has 0 radical (unpaired) electrons. The number of hydrogen-bond donors (Lipinski definition) is 1. The summed E-state index contributed by atoms with van der Waals surface area (Å²) in [5.41, 5.74) is 0.122. The summed E-state index contributed by atoms with van der Waals surface area (Å²) in [6, 6.07) is 0.381. The summed E-state index contributed by atoms with van der Waals surface area (Å²) in [5, 5.41) is 3.52. The molecule has 0 heterocycles. The van der Waals surface area contributed by atoms with Crippen molar-refractivity contribution >= 4 is 0 Å². The Morgan fingerprint density at radius 1 is 1.28 bits per heavy atom. The highest BCUT2D eigenvalue weighted by Gasteiger charge is 2.27. The SMILES string of the molecule is C=CCN(C(CNCC(C)C)COC)C(C)(C)C. The number of nitrogens with zero attached hydrogens (tertiary/aromatic N) is 1. The maximum absolute atomic E-state index is 5.37. The van der Waals surface area contributed by atoms with Gasteiger partial charge < -0.3 is 10.1 Å². The second-order valence-electron chi connectivity index (χ2n) is 6.27. The molecular formula is C15H32N2O. The molecule has 0 aromatic heterocycles. The van der Waals surface area contributed by atoms with Gasteiger partial charge in [0.25, 0.3) is 0 Å². The van der Waals surface area contributed by atoms with Crippen molar-refractivity contribution in [3.8, 4) is 0 Å². The minimum atomic E-state index is 0.122. The first-order chi connectivity index (χ1) is 8.32. The number of ether oxygens (including phenoxy) is 1. The third-order valence-electron chi connectivity index (χ3n) is 2.92. The normalized spacial score (nSPS) is 14.2. The summed E-state index contributed by atoms with van der Waals surface area (Å²) < 4.78 is 5.37. The molecule has 0 aliphatic carbocycles. The molecule has 108 valence electrons. The van der Waals surface area contributed by atoms with Gasteiger partial charge in [-0.1, -0.05) is 19.9 Å². The molecule has 0 spiro atoms. The Balaban J connectivity index is 4.54. The van der Waals surface area contributed by atoms with E-state index >= 15 is 0 Å². The molecule has 1 unspecified atom stereocenters. The van der Waals surface area contributed by atoms with Gasteiger partial charge in [0.2, 0.25) is 0 Å². The Morgan fingerprint density at radius 3 is 2.28 bits per heavy atom. The van der Waals surface area contributed by atoms with Crippen LogP contribution in [0, 0.1) is 5.92 Å². The van der Waals surface area contributed by atoms with Gasteiger partial charge in [0, 0.05) is 31.8 Å². The van der Waals surface area contributed by atoms with Gasteiger partial charge in [-0.2, -0.15) is 0 Å². The molecular weight excluding hydrogens is 224 g/mol. The largest absolute Gasteiger partial charge is 0.383 e. The van der Waals surface area contributed by atoms with Crippen LogP contribution in [0.3, 0.4) is 0 Å². The van der Waals surface area contributed by atoms with E-state index in [4.69, 9.17) is 4.74 Å². The molecule has 0 amide bonds. The molecule has 0 bridgehead atoms.